The van der Waals surface area contributed by atoms with Crippen molar-refractivity contribution in [2.24, 2.45) is 0 Å². The summed E-state index contributed by atoms with van der Waals surface area (Å²) in [7, 11) is 1.67. The molecule has 0 aliphatic carbocycles. The predicted octanol–water partition coefficient (Wildman–Crippen LogP) is 5.30. The second-order valence-corrected chi connectivity index (χ2v) is 9.65. The summed E-state index contributed by atoms with van der Waals surface area (Å²) in [6.07, 6.45) is 0. The summed E-state index contributed by atoms with van der Waals surface area (Å²) in [5.41, 5.74) is 4.17. The van der Waals surface area contributed by atoms with Gasteiger partial charge >= 0.3 is 0 Å². The molecular formula is C29H29N3O2S. The number of benzene rings is 3. The van der Waals surface area contributed by atoms with E-state index in [1.807, 2.05) is 65.6 Å². The molecule has 0 atom stereocenters. The zero-order valence-electron chi connectivity index (χ0n) is 19.8. The van der Waals surface area contributed by atoms with Crippen molar-refractivity contribution in [3.63, 3.8) is 0 Å². The Morgan fingerprint density at radius 1 is 0.886 bits per heavy atom. The molecule has 2 heterocycles. The third-order valence-electron chi connectivity index (χ3n) is 6.49. The lowest BCUT2D eigenvalue weighted by Gasteiger charge is -2.36. The largest absolute Gasteiger partial charge is 0.497 e. The summed E-state index contributed by atoms with van der Waals surface area (Å²) in [6.45, 7) is 3.96. The zero-order chi connectivity index (χ0) is 24.0. The number of carbonyl (C=O) groups is 1. The molecule has 1 saturated heterocycles. The van der Waals surface area contributed by atoms with Crippen LogP contribution in [-0.4, -0.2) is 54.0 Å². The highest BCUT2D eigenvalue weighted by Gasteiger charge is 2.30. The molecular weight excluding hydrogens is 454 g/mol. The average Bonchev–Trinajstić information content (AvgIpc) is 3.39. The van der Waals surface area contributed by atoms with Crippen LogP contribution in [0.15, 0.2) is 90.3 Å². The summed E-state index contributed by atoms with van der Waals surface area (Å²) in [5.74, 6) is 0.756. The number of piperazine rings is 1. The number of ether oxygens (including phenoxy) is 1. The molecule has 35 heavy (non-hydrogen) atoms. The molecule has 0 spiro atoms. The van der Waals surface area contributed by atoms with Crippen LogP contribution in [0.1, 0.15) is 22.1 Å². The van der Waals surface area contributed by atoms with Crippen molar-refractivity contribution in [1.82, 2.24) is 14.8 Å². The van der Waals surface area contributed by atoms with Gasteiger partial charge in [-0.05, 0) is 35.4 Å². The van der Waals surface area contributed by atoms with Gasteiger partial charge in [-0.25, -0.2) is 4.98 Å². The molecule has 6 heteroatoms. The zero-order valence-corrected chi connectivity index (χ0v) is 20.7. The Labute approximate surface area is 210 Å². The highest BCUT2D eigenvalue weighted by molar-refractivity contribution is 7.09. The Morgan fingerprint density at radius 2 is 1.49 bits per heavy atom. The molecule has 0 bridgehead atoms. The minimum Gasteiger partial charge on any atom is -0.497 e. The molecule has 0 saturated carbocycles. The highest BCUT2D eigenvalue weighted by Crippen LogP contribution is 2.28. The fraction of sp³-hybridized carbons (Fsp3) is 0.241. The van der Waals surface area contributed by atoms with E-state index in [1.165, 1.54) is 0 Å². The van der Waals surface area contributed by atoms with Crippen LogP contribution < -0.4 is 4.74 Å². The SMILES string of the molecule is COc1ccc(-c2csc(CN3CCN(C(=O)C(c4ccccc4)c4ccccc4)CC3)n2)cc1. The van der Waals surface area contributed by atoms with Crippen LogP contribution in [0.4, 0.5) is 0 Å². The van der Waals surface area contributed by atoms with Gasteiger partial charge in [0.2, 0.25) is 5.91 Å². The van der Waals surface area contributed by atoms with E-state index in [0.29, 0.717) is 0 Å². The van der Waals surface area contributed by atoms with E-state index in [0.717, 1.165) is 65.9 Å². The molecule has 4 aromatic rings. The van der Waals surface area contributed by atoms with Crippen LogP contribution in [0.25, 0.3) is 11.3 Å². The number of rotatable bonds is 7. The topological polar surface area (TPSA) is 45.7 Å². The van der Waals surface area contributed by atoms with Crippen LogP contribution in [0.2, 0.25) is 0 Å². The Kier molecular flexibility index (Phi) is 7.21. The molecule has 1 fully saturated rings. The van der Waals surface area contributed by atoms with Crippen LogP contribution >= 0.6 is 11.3 Å². The van der Waals surface area contributed by atoms with E-state index in [4.69, 9.17) is 9.72 Å². The van der Waals surface area contributed by atoms with E-state index < -0.39 is 0 Å². The maximum absolute atomic E-state index is 13.7. The van der Waals surface area contributed by atoms with Crippen LogP contribution in [0.3, 0.4) is 0 Å². The first-order valence-corrected chi connectivity index (χ1v) is 12.8. The number of hydrogen-bond acceptors (Lipinski definition) is 5. The van der Waals surface area contributed by atoms with Crippen LogP contribution in [0.5, 0.6) is 5.75 Å². The second kappa shape index (κ2) is 10.8. The summed E-state index contributed by atoms with van der Waals surface area (Å²) in [4.78, 5) is 22.9. The highest BCUT2D eigenvalue weighted by atomic mass is 32.1. The van der Waals surface area contributed by atoms with Gasteiger partial charge in [-0.3, -0.25) is 9.69 Å². The minimum atomic E-state index is -0.269. The molecule has 0 unspecified atom stereocenters. The van der Waals surface area contributed by atoms with Crippen LogP contribution in [-0.2, 0) is 11.3 Å². The standard InChI is InChI=1S/C29H29N3O2S/c1-34-25-14-12-22(13-15-25)26-21-35-27(30-26)20-31-16-18-32(19-17-31)29(33)28(23-8-4-2-5-9-23)24-10-6-3-7-11-24/h2-15,21,28H,16-20H2,1H3. The van der Waals surface area contributed by atoms with Gasteiger partial charge in [-0.15, -0.1) is 11.3 Å². The van der Waals surface area contributed by atoms with E-state index >= 15 is 0 Å². The Morgan fingerprint density at radius 3 is 2.06 bits per heavy atom. The fourth-order valence-corrected chi connectivity index (χ4v) is 5.39. The molecule has 0 N–H and O–H groups in total. The third kappa shape index (κ3) is 5.45. The van der Waals surface area contributed by atoms with Crippen molar-refractivity contribution >= 4 is 17.2 Å². The van der Waals surface area contributed by atoms with Crippen molar-refractivity contribution < 1.29 is 9.53 Å². The molecule has 1 aromatic heterocycles. The van der Waals surface area contributed by atoms with Crippen molar-refractivity contribution in [3.05, 3.63) is 106 Å². The van der Waals surface area contributed by atoms with E-state index in [2.05, 4.69) is 34.5 Å². The normalized spacial score (nSPS) is 14.3. The van der Waals surface area contributed by atoms with Gasteiger partial charge in [-0.2, -0.15) is 0 Å². The van der Waals surface area contributed by atoms with E-state index in [1.54, 1.807) is 18.4 Å². The molecule has 1 aliphatic rings. The maximum atomic E-state index is 13.7. The van der Waals surface area contributed by atoms with Crippen molar-refractivity contribution in [2.75, 3.05) is 33.3 Å². The molecule has 3 aromatic carbocycles. The Bertz CT molecular complexity index is 1190. The number of methoxy groups -OCH3 is 1. The molecule has 1 aliphatic heterocycles. The smallest absolute Gasteiger partial charge is 0.234 e. The van der Waals surface area contributed by atoms with Gasteiger partial charge in [0, 0.05) is 37.1 Å². The van der Waals surface area contributed by atoms with Crippen molar-refractivity contribution in [2.45, 2.75) is 12.5 Å². The van der Waals surface area contributed by atoms with E-state index in [-0.39, 0.29) is 11.8 Å². The van der Waals surface area contributed by atoms with Gasteiger partial charge in [0.05, 0.1) is 25.3 Å². The monoisotopic (exact) mass is 483 g/mol. The number of thiazole rings is 1. The van der Waals surface area contributed by atoms with Gasteiger partial charge in [0.1, 0.15) is 10.8 Å². The molecule has 5 nitrogen and oxygen atoms in total. The lowest BCUT2D eigenvalue weighted by Crippen LogP contribution is -2.49. The van der Waals surface area contributed by atoms with Crippen LogP contribution in [0, 0.1) is 0 Å². The summed E-state index contributed by atoms with van der Waals surface area (Å²) in [6, 6.07) is 28.2. The number of amides is 1. The quantitative estimate of drug-likeness (QED) is 0.358. The predicted molar refractivity (Wildman–Crippen MR) is 141 cm³/mol. The summed E-state index contributed by atoms with van der Waals surface area (Å²) in [5, 5.41) is 3.21. The first-order chi connectivity index (χ1) is 17.2. The summed E-state index contributed by atoms with van der Waals surface area (Å²) < 4.78 is 5.25. The van der Waals surface area contributed by atoms with E-state index in [9.17, 15) is 4.79 Å². The number of nitrogens with zero attached hydrogens (tertiary/aromatic N) is 3. The lowest BCUT2D eigenvalue weighted by molar-refractivity contribution is -0.133. The molecule has 0 radical (unpaired) electrons. The maximum Gasteiger partial charge on any atom is 0.234 e. The number of aromatic nitrogens is 1. The average molecular weight is 484 g/mol. The first kappa shape index (κ1) is 23.3. The molecule has 178 valence electrons. The Hall–Kier alpha value is -3.48. The van der Waals surface area contributed by atoms with Gasteiger partial charge in [-0.1, -0.05) is 60.7 Å². The molecule has 1 amide bonds. The molecule has 5 rings (SSSR count). The number of hydrogen-bond donors (Lipinski definition) is 0. The Balaban J connectivity index is 1.22. The van der Waals surface area contributed by atoms with Crippen molar-refractivity contribution in [1.29, 1.82) is 0 Å². The van der Waals surface area contributed by atoms with Gasteiger partial charge < -0.3 is 9.64 Å². The van der Waals surface area contributed by atoms with Crippen molar-refractivity contribution in [3.8, 4) is 17.0 Å². The minimum absolute atomic E-state index is 0.179. The van der Waals surface area contributed by atoms with Gasteiger partial charge in [0.25, 0.3) is 0 Å². The van der Waals surface area contributed by atoms with Gasteiger partial charge in [0.15, 0.2) is 0 Å². The lowest BCUT2D eigenvalue weighted by atomic mass is 9.90. The fourth-order valence-electron chi connectivity index (χ4n) is 4.55. The second-order valence-electron chi connectivity index (χ2n) is 8.71. The summed E-state index contributed by atoms with van der Waals surface area (Å²) >= 11 is 1.69. The first-order valence-electron chi connectivity index (χ1n) is 11.9. The number of carbonyl (C=O) groups excluding carboxylic acids is 1. The third-order valence-corrected chi connectivity index (χ3v) is 7.33.